The van der Waals surface area contributed by atoms with Crippen molar-refractivity contribution in [3.63, 3.8) is 0 Å². The van der Waals surface area contributed by atoms with Crippen molar-refractivity contribution in [2.45, 2.75) is 56.8 Å². The molecule has 100 valence electrons. The van der Waals surface area contributed by atoms with E-state index in [1.807, 2.05) is 0 Å². The lowest BCUT2D eigenvalue weighted by Gasteiger charge is -2.38. The quantitative estimate of drug-likeness (QED) is 0.716. The molecule has 2 fully saturated rings. The van der Waals surface area contributed by atoms with Gasteiger partial charge in [0, 0.05) is 31.8 Å². The second-order valence-corrected chi connectivity index (χ2v) is 5.46. The Bertz CT molecular complexity index is 225. The van der Waals surface area contributed by atoms with Crippen molar-refractivity contribution in [2.75, 3.05) is 26.8 Å². The molecule has 0 aromatic carbocycles. The number of piperidine rings is 1. The normalized spacial score (nSPS) is 34.2. The van der Waals surface area contributed by atoms with E-state index in [1.165, 1.54) is 25.7 Å². The van der Waals surface area contributed by atoms with Gasteiger partial charge in [-0.1, -0.05) is 6.92 Å². The minimum absolute atomic E-state index is 0.354. The van der Waals surface area contributed by atoms with Crippen LogP contribution < -0.4 is 5.32 Å². The van der Waals surface area contributed by atoms with Crippen LogP contribution in [-0.2, 0) is 4.74 Å². The van der Waals surface area contributed by atoms with Gasteiger partial charge >= 0.3 is 0 Å². The molecule has 3 atom stereocenters. The van der Waals surface area contributed by atoms with E-state index in [4.69, 9.17) is 4.74 Å². The Morgan fingerprint density at radius 2 is 2.00 bits per heavy atom. The van der Waals surface area contributed by atoms with E-state index in [-0.39, 0.29) is 6.10 Å². The van der Waals surface area contributed by atoms with Gasteiger partial charge in [0.05, 0.1) is 12.7 Å². The van der Waals surface area contributed by atoms with Crippen molar-refractivity contribution in [3.8, 4) is 0 Å². The zero-order chi connectivity index (χ0) is 12.3. The van der Waals surface area contributed by atoms with Crippen molar-refractivity contribution in [1.82, 2.24) is 10.2 Å². The van der Waals surface area contributed by atoms with Crippen LogP contribution in [0, 0.1) is 0 Å². The summed E-state index contributed by atoms with van der Waals surface area (Å²) < 4.78 is 5.00. The molecule has 2 aliphatic heterocycles. The predicted molar refractivity (Wildman–Crippen MR) is 68.1 cm³/mol. The summed E-state index contributed by atoms with van der Waals surface area (Å²) in [7, 11) is 1.64. The van der Waals surface area contributed by atoms with Gasteiger partial charge in [0.2, 0.25) is 0 Å². The first kappa shape index (κ1) is 13.3. The van der Waals surface area contributed by atoms with Crippen LogP contribution in [-0.4, -0.2) is 61.0 Å². The van der Waals surface area contributed by atoms with E-state index >= 15 is 0 Å². The van der Waals surface area contributed by atoms with Crippen LogP contribution in [0.2, 0.25) is 0 Å². The molecule has 0 radical (unpaired) electrons. The van der Waals surface area contributed by atoms with Gasteiger partial charge in [-0.15, -0.1) is 0 Å². The van der Waals surface area contributed by atoms with Crippen molar-refractivity contribution in [3.05, 3.63) is 0 Å². The first-order chi connectivity index (χ1) is 8.22. The number of hydrogen-bond acceptors (Lipinski definition) is 4. The van der Waals surface area contributed by atoms with Crippen LogP contribution in [0.25, 0.3) is 0 Å². The summed E-state index contributed by atoms with van der Waals surface area (Å²) in [5.41, 5.74) is 0. The smallest absolute Gasteiger partial charge is 0.0900 e. The number of aliphatic hydroxyl groups excluding tert-OH is 1. The molecular weight excluding hydrogens is 216 g/mol. The Morgan fingerprint density at radius 3 is 2.53 bits per heavy atom. The molecule has 2 bridgehead atoms. The van der Waals surface area contributed by atoms with Gasteiger partial charge in [0.25, 0.3) is 0 Å². The Labute approximate surface area is 104 Å². The number of ether oxygens (including phenoxy) is 1. The minimum Gasteiger partial charge on any atom is -0.389 e. The zero-order valence-electron chi connectivity index (χ0n) is 11.1. The van der Waals surface area contributed by atoms with E-state index in [9.17, 15) is 5.11 Å². The summed E-state index contributed by atoms with van der Waals surface area (Å²) in [6.45, 7) is 4.39. The molecule has 0 saturated carbocycles. The molecule has 0 aromatic heterocycles. The Hall–Kier alpha value is -0.160. The van der Waals surface area contributed by atoms with Crippen molar-refractivity contribution < 1.29 is 9.84 Å². The monoisotopic (exact) mass is 242 g/mol. The Balaban J connectivity index is 1.85. The first-order valence-electron chi connectivity index (χ1n) is 6.90. The molecule has 0 amide bonds. The average Bonchev–Trinajstić information content (AvgIpc) is 2.65. The fourth-order valence-corrected chi connectivity index (χ4v) is 3.38. The van der Waals surface area contributed by atoms with Crippen molar-refractivity contribution >= 4 is 0 Å². The fourth-order valence-electron chi connectivity index (χ4n) is 3.38. The summed E-state index contributed by atoms with van der Waals surface area (Å²) in [6, 6.07) is 2.07. The maximum atomic E-state index is 9.85. The number of rotatable bonds is 6. The first-order valence-corrected chi connectivity index (χ1v) is 6.90. The highest BCUT2D eigenvalue weighted by Gasteiger charge is 2.35. The summed E-state index contributed by atoms with van der Waals surface area (Å²) in [5, 5.41) is 13.5. The molecule has 4 heteroatoms. The summed E-state index contributed by atoms with van der Waals surface area (Å²) >= 11 is 0. The molecule has 0 spiro atoms. The number of fused-ring (bicyclic) bond motifs is 2. The summed E-state index contributed by atoms with van der Waals surface area (Å²) in [4.78, 5) is 2.43. The molecule has 4 nitrogen and oxygen atoms in total. The van der Waals surface area contributed by atoms with Gasteiger partial charge in [-0.3, -0.25) is 4.90 Å². The van der Waals surface area contributed by atoms with E-state index in [1.54, 1.807) is 7.11 Å². The molecule has 17 heavy (non-hydrogen) atoms. The molecular formula is C13H26N2O2. The molecule has 2 aliphatic rings. The minimum atomic E-state index is -0.354. The van der Waals surface area contributed by atoms with Gasteiger partial charge < -0.3 is 15.2 Å². The van der Waals surface area contributed by atoms with Crippen LogP contribution >= 0.6 is 0 Å². The molecule has 0 aliphatic carbocycles. The lowest BCUT2D eigenvalue weighted by atomic mass is 9.98. The van der Waals surface area contributed by atoms with Gasteiger partial charge in [-0.2, -0.15) is 0 Å². The van der Waals surface area contributed by atoms with Crippen LogP contribution in [0.3, 0.4) is 0 Å². The third-order valence-electron chi connectivity index (χ3n) is 4.18. The van der Waals surface area contributed by atoms with Gasteiger partial charge in [-0.05, 0) is 32.2 Å². The van der Waals surface area contributed by atoms with E-state index in [0.717, 1.165) is 13.1 Å². The van der Waals surface area contributed by atoms with Gasteiger partial charge in [-0.25, -0.2) is 0 Å². The molecule has 3 unspecified atom stereocenters. The number of aliphatic hydroxyl groups is 1. The lowest BCUT2D eigenvalue weighted by molar-refractivity contribution is 0.0209. The summed E-state index contributed by atoms with van der Waals surface area (Å²) in [5.74, 6) is 0. The Morgan fingerprint density at radius 1 is 1.35 bits per heavy atom. The van der Waals surface area contributed by atoms with E-state index in [2.05, 4.69) is 17.1 Å². The molecule has 2 heterocycles. The largest absolute Gasteiger partial charge is 0.389 e. The number of nitrogens with one attached hydrogen (secondary N) is 1. The maximum absolute atomic E-state index is 9.85. The SMILES string of the molecule is CCN(CC(O)COC)C1CC2CCC(C1)N2. The van der Waals surface area contributed by atoms with E-state index in [0.29, 0.717) is 24.7 Å². The van der Waals surface area contributed by atoms with Crippen LogP contribution in [0.15, 0.2) is 0 Å². The van der Waals surface area contributed by atoms with Gasteiger partial charge in [0.15, 0.2) is 0 Å². The predicted octanol–water partition coefficient (Wildman–Crippen LogP) is 0.599. The molecule has 2 rings (SSSR count). The molecule has 2 saturated heterocycles. The molecule has 2 N–H and O–H groups in total. The zero-order valence-corrected chi connectivity index (χ0v) is 11.1. The average molecular weight is 242 g/mol. The fraction of sp³-hybridized carbons (Fsp3) is 1.00. The lowest BCUT2D eigenvalue weighted by Crippen LogP contribution is -2.50. The Kier molecular flexibility index (Phi) is 4.79. The topological polar surface area (TPSA) is 44.7 Å². The number of hydrogen-bond donors (Lipinski definition) is 2. The molecule has 0 aromatic rings. The second-order valence-electron chi connectivity index (χ2n) is 5.46. The number of methoxy groups -OCH3 is 1. The van der Waals surface area contributed by atoms with Crippen LogP contribution in [0.5, 0.6) is 0 Å². The van der Waals surface area contributed by atoms with E-state index < -0.39 is 0 Å². The number of likely N-dealkylation sites (N-methyl/N-ethyl adjacent to an activating group) is 1. The highest BCUT2D eigenvalue weighted by Crippen LogP contribution is 2.29. The highest BCUT2D eigenvalue weighted by atomic mass is 16.5. The van der Waals surface area contributed by atoms with Crippen molar-refractivity contribution in [2.24, 2.45) is 0 Å². The summed E-state index contributed by atoms with van der Waals surface area (Å²) in [6.07, 6.45) is 4.79. The second kappa shape index (κ2) is 6.14. The standard InChI is InChI=1S/C13H26N2O2/c1-3-15(8-13(16)9-17-2)12-6-10-4-5-11(7-12)14-10/h10-14,16H,3-9H2,1-2H3. The van der Waals surface area contributed by atoms with Crippen molar-refractivity contribution in [1.29, 1.82) is 0 Å². The number of nitrogens with zero attached hydrogens (tertiary/aromatic N) is 1. The highest BCUT2D eigenvalue weighted by molar-refractivity contribution is 4.95. The maximum Gasteiger partial charge on any atom is 0.0900 e. The third kappa shape index (κ3) is 3.41. The third-order valence-corrected chi connectivity index (χ3v) is 4.18. The van der Waals surface area contributed by atoms with Crippen LogP contribution in [0.1, 0.15) is 32.6 Å². The van der Waals surface area contributed by atoms with Crippen LogP contribution in [0.4, 0.5) is 0 Å². The van der Waals surface area contributed by atoms with Gasteiger partial charge in [0.1, 0.15) is 0 Å².